The van der Waals surface area contributed by atoms with E-state index in [1.54, 1.807) is 0 Å². The number of hydrogen-bond acceptors (Lipinski definition) is 1. The highest BCUT2D eigenvalue weighted by Crippen LogP contribution is 2.13. The van der Waals surface area contributed by atoms with Crippen molar-refractivity contribution < 1.29 is 5.11 Å². The van der Waals surface area contributed by atoms with Gasteiger partial charge in [0.2, 0.25) is 0 Å². The second-order valence-electron chi connectivity index (χ2n) is 3.06. The molecule has 1 heteroatoms. The summed E-state index contributed by atoms with van der Waals surface area (Å²) >= 11 is 0. The maximum absolute atomic E-state index is 9.31. The smallest absolute Gasteiger partial charge is 0.139 e. The highest BCUT2D eigenvalue weighted by atomic mass is 16.3. The summed E-state index contributed by atoms with van der Waals surface area (Å²) in [6, 6.07) is 7.80. The van der Waals surface area contributed by atoms with Crippen molar-refractivity contribution in [1.29, 1.82) is 0 Å². The Morgan fingerprint density at radius 3 is 2.46 bits per heavy atom. The van der Waals surface area contributed by atoms with Crippen LogP contribution in [0.15, 0.2) is 24.3 Å². The molecule has 0 fully saturated rings. The molecule has 0 saturated heterocycles. The predicted octanol–water partition coefficient (Wildman–Crippen LogP) is 2.31. The summed E-state index contributed by atoms with van der Waals surface area (Å²) in [6.45, 7) is 2.14. The van der Waals surface area contributed by atoms with Gasteiger partial charge in [0.1, 0.15) is 6.10 Å². The van der Waals surface area contributed by atoms with Crippen LogP contribution in [0, 0.1) is 12.3 Å². The molecular weight excluding hydrogens is 160 g/mol. The predicted molar refractivity (Wildman–Crippen MR) is 54.2 cm³/mol. The number of rotatable bonds is 3. The zero-order valence-electron chi connectivity index (χ0n) is 7.83. The van der Waals surface area contributed by atoms with Crippen LogP contribution in [0.2, 0.25) is 0 Å². The molecule has 1 rings (SSSR count). The number of hydrogen-bond donors (Lipinski definition) is 1. The lowest BCUT2D eigenvalue weighted by molar-refractivity contribution is 0.238. The van der Waals surface area contributed by atoms with Crippen LogP contribution in [0.25, 0.3) is 0 Å². The Bertz CT molecular complexity index is 292. The molecule has 1 nitrogen and oxygen atoms in total. The first-order chi connectivity index (χ1) is 6.27. The molecule has 0 spiro atoms. The van der Waals surface area contributed by atoms with E-state index in [0.717, 1.165) is 18.4 Å². The Morgan fingerprint density at radius 2 is 2.00 bits per heavy atom. The van der Waals surface area contributed by atoms with Gasteiger partial charge in [0, 0.05) is 0 Å². The Hall–Kier alpha value is -1.26. The molecule has 1 aromatic carbocycles. The van der Waals surface area contributed by atoms with Crippen molar-refractivity contribution in [3.8, 4) is 12.3 Å². The molecule has 0 radical (unpaired) electrons. The fourth-order valence-corrected chi connectivity index (χ4v) is 1.25. The fraction of sp³-hybridized carbons (Fsp3) is 0.333. The van der Waals surface area contributed by atoms with Crippen molar-refractivity contribution in [2.24, 2.45) is 0 Å². The third-order valence-electron chi connectivity index (χ3n) is 1.99. The summed E-state index contributed by atoms with van der Waals surface area (Å²) in [5.41, 5.74) is 2.08. The van der Waals surface area contributed by atoms with Gasteiger partial charge in [0.25, 0.3) is 0 Å². The normalized spacial score (nSPS) is 12.1. The van der Waals surface area contributed by atoms with E-state index in [2.05, 4.69) is 12.8 Å². The van der Waals surface area contributed by atoms with Gasteiger partial charge in [-0.15, -0.1) is 6.42 Å². The lowest BCUT2D eigenvalue weighted by atomic mass is 10.1. The van der Waals surface area contributed by atoms with Crippen molar-refractivity contribution >= 4 is 0 Å². The van der Waals surface area contributed by atoms with Gasteiger partial charge < -0.3 is 5.11 Å². The molecule has 0 aliphatic carbocycles. The molecule has 1 N–H and O–H groups in total. The summed E-state index contributed by atoms with van der Waals surface area (Å²) in [6.07, 6.45) is 6.54. The summed E-state index contributed by atoms with van der Waals surface area (Å²) in [5.74, 6) is 2.29. The minimum atomic E-state index is -0.768. The standard InChI is InChI=1S/C12H14O/c1-3-5-10-6-8-11(9-7-10)12(13)4-2/h2,6-9,12-13H,3,5H2,1H3. The Balaban J connectivity index is 2.76. The second-order valence-corrected chi connectivity index (χ2v) is 3.06. The van der Waals surface area contributed by atoms with Gasteiger partial charge in [-0.25, -0.2) is 0 Å². The topological polar surface area (TPSA) is 20.2 Å². The number of aliphatic hydroxyl groups is 1. The molecule has 1 atom stereocenters. The van der Waals surface area contributed by atoms with Gasteiger partial charge in [0.05, 0.1) is 0 Å². The average Bonchev–Trinajstić information content (AvgIpc) is 2.18. The van der Waals surface area contributed by atoms with E-state index < -0.39 is 6.10 Å². The molecule has 0 bridgehead atoms. The molecule has 0 aliphatic heterocycles. The van der Waals surface area contributed by atoms with Crippen LogP contribution in [0.5, 0.6) is 0 Å². The van der Waals surface area contributed by atoms with Crippen LogP contribution >= 0.6 is 0 Å². The maximum atomic E-state index is 9.31. The van der Waals surface area contributed by atoms with Crippen molar-refractivity contribution in [3.63, 3.8) is 0 Å². The molecule has 13 heavy (non-hydrogen) atoms. The van der Waals surface area contributed by atoms with Crippen molar-refractivity contribution in [3.05, 3.63) is 35.4 Å². The lowest BCUT2D eigenvalue weighted by Crippen LogP contribution is -1.93. The van der Waals surface area contributed by atoms with E-state index >= 15 is 0 Å². The summed E-state index contributed by atoms with van der Waals surface area (Å²) in [7, 11) is 0. The third kappa shape index (κ3) is 2.61. The first-order valence-corrected chi connectivity index (χ1v) is 4.51. The second kappa shape index (κ2) is 4.69. The van der Waals surface area contributed by atoms with Crippen LogP contribution in [-0.4, -0.2) is 5.11 Å². The van der Waals surface area contributed by atoms with Gasteiger partial charge in [0.15, 0.2) is 0 Å². The van der Waals surface area contributed by atoms with Gasteiger partial charge in [-0.2, -0.15) is 0 Å². The zero-order valence-corrected chi connectivity index (χ0v) is 7.83. The minimum absolute atomic E-state index is 0.768. The average molecular weight is 174 g/mol. The van der Waals surface area contributed by atoms with Crippen LogP contribution in [0.4, 0.5) is 0 Å². The van der Waals surface area contributed by atoms with E-state index in [4.69, 9.17) is 6.42 Å². The number of aliphatic hydroxyl groups excluding tert-OH is 1. The lowest BCUT2D eigenvalue weighted by Gasteiger charge is -2.04. The van der Waals surface area contributed by atoms with Gasteiger partial charge >= 0.3 is 0 Å². The first kappa shape index (κ1) is 9.83. The first-order valence-electron chi connectivity index (χ1n) is 4.51. The van der Waals surface area contributed by atoms with Crippen molar-refractivity contribution in [1.82, 2.24) is 0 Å². The Labute approximate surface area is 79.4 Å². The van der Waals surface area contributed by atoms with Crippen LogP contribution < -0.4 is 0 Å². The number of terminal acetylenes is 1. The molecule has 1 aromatic rings. The summed E-state index contributed by atoms with van der Waals surface area (Å²) < 4.78 is 0. The van der Waals surface area contributed by atoms with E-state index in [-0.39, 0.29) is 0 Å². The van der Waals surface area contributed by atoms with Crippen LogP contribution in [0.3, 0.4) is 0 Å². The summed E-state index contributed by atoms with van der Waals surface area (Å²) in [4.78, 5) is 0. The molecule has 0 amide bonds. The Kier molecular flexibility index (Phi) is 3.54. The monoisotopic (exact) mass is 174 g/mol. The minimum Gasteiger partial charge on any atom is -0.376 e. The SMILES string of the molecule is C#CC(O)c1ccc(CCC)cc1. The fourth-order valence-electron chi connectivity index (χ4n) is 1.25. The van der Waals surface area contributed by atoms with E-state index in [1.165, 1.54) is 5.56 Å². The Morgan fingerprint density at radius 1 is 1.38 bits per heavy atom. The molecular formula is C12H14O. The van der Waals surface area contributed by atoms with Crippen LogP contribution in [-0.2, 0) is 6.42 Å². The molecule has 0 saturated carbocycles. The van der Waals surface area contributed by atoms with Crippen LogP contribution in [0.1, 0.15) is 30.6 Å². The highest BCUT2D eigenvalue weighted by molar-refractivity contribution is 5.27. The number of aryl methyl sites for hydroxylation is 1. The zero-order chi connectivity index (χ0) is 9.68. The van der Waals surface area contributed by atoms with E-state index in [9.17, 15) is 5.11 Å². The quantitative estimate of drug-likeness (QED) is 0.697. The molecule has 0 aliphatic rings. The molecule has 0 aromatic heterocycles. The number of benzene rings is 1. The van der Waals surface area contributed by atoms with Gasteiger partial charge in [-0.1, -0.05) is 43.5 Å². The van der Waals surface area contributed by atoms with E-state index in [0.29, 0.717) is 0 Å². The van der Waals surface area contributed by atoms with Gasteiger partial charge in [-0.05, 0) is 17.5 Å². The van der Waals surface area contributed by atoms with Crippen molar-refractivity contribution in [2.75, 3.05) is 0 Å². The van der Waals surface area contributed by atoms with E-state index in [1.807, 2.05) is 24.3 Å². The summed E-state index contributed by atoms with van der Waals surface area (Å²) in [5, 5.41) is 9.31. The highest BCUT2D eigenvalue weighted by Gasteiger charge is 2.01. The van der Waals surface area contributed by atoms with Crippen molar-refractivity contribution in [2.45, 2.75) is 25.9 Å². The third-order valence-corrected chi connectivity index (χ3v) is 1.99. The maximum Gasteiger partial charge on any atom is 0.139 e. The largest absolute Gasteiger partial charge is 0.376 e. The molecule has 68 valence electrons. The molecule has 1 unspecified atom stereocenters. The molecule has 0 heterocycles. The van der Waals surface area contributed by atoms with Gasteiger partial charge in [-0.3, -0.25) is 0 Å².